The largest absolute Gasteiger partial charge is 0.497 e. The number of ether oxygens (including phenoxy) is 1. The summed E-state index contributed by atoms with van der Waals surface area (Å²) in [5, 5.41) is 0. The Morgan fingerprint density at radius 2 is 2.12 bits per heavy atom. The zero-order valence-corrected chi connectivity index (χ0v) is 15.1. The number of methoxy groups -OCH3 is 1. The topological polar surface area (TPSA) is 26.3 Å². The summed E-state index contributed by atoms with van der Waals surface area (Å²) in [6, 6.07) is 6.71. The van der Waals surface area contributed by atoms with Gasteiger partial charge in [0, 0.05) is 11.8 Å². The number of benzene rings is 1. The van der Waals surface area contributed by atoms with Crippen LogP contribution in [0.25, 0.3) is 0 Å². The van der Waals surface area contributed by atoms with Gasteiger partial charge in [-0.25, -0.2) is 0 Å². The average Bonchev–Trinajstić information content (AvgIpc) is 3.22. The fourth-order valence-electron chi connectivity index (χ4n) is 7.59. The molecule has 3 saturated carbocycles. The Morgan fingerprint density at radius 1 is 1.29 bits per heavy atom. The Hall–Kier alpha value is -1.31. The van der Waals surface area contributed by atoms with Crippen molar-refractivity contribution in [3.05, 3.63) is 29.3 Å². The van der Waals surface area contributed by atoms with E-state index in [9.17, 15) is 4.79 Å². The molecule has 0 saturated heterocycles. The predicted octanol–water partition coefficient (Wildman–Crippen LogP) is 4.76. The van der Waals surface area contributed by atoms with Crippen LogP contribution in [0, 0.1) is 28.6 Å². The van der Waals surface area contributed by atoms with Gasteiger partial charge in [-0.2, -0.15) is 0 Å². The highest BCUT2D eigenvalue weighted by Gasteiger charge is 2.78. The minimum Gasteiger partial charge on any atom is -0.497 e. The molecule has 0 amide bonds. The van der Waals surface area contributed by atoms with Crippen LogP contribution in [0.15, 0.2) is 18.2 Å². The highest BCUT2D eigenvalue weighted by molar-refractivity contribution is 5.91. The fraction of sp³-hybridized carbons (Fsp3) is 0.682. The van der Waals surface area contributed by atoms with E-state index in [2.05, 4.69) is 32.0 Å². The summed E-state index contributed by atoms with van der Waals surface area (Å²) < 4.78 is 5.45. The van der Waals surface area contributed by atoms with Gasteiger partial charge in [0.1, 0.15) is 11.5 Å². The van der Waals surface area contributed by atoms with E-state index in [1.807, 2.05) is 0 Å². The van der Waals surface area contributed by atoms with E-state index in [1.54, 1.807) is 12.7 Å². The lowest BCUT2D eigenvalue weighted by atomic mass is 9.49. The van der Waals surface area contributed by atoms with E-state index in [4.69, 9.17) is 4.74 Å². The van der Waals surface area contributed by atoms with Gasteiger partial charge < -0.3 is 4.74 Å². The molecule has 0 bridgehead atoms. The lowest BCUT2D eigenvalue weighted by Crippen LogP contribution is -2.50. The van der Waals surface area contributed by atoms with Gasteiger partial charge in [0.15, 0.2) is 0 Å². The summed E-state index contributed by atoms with van der Waals surface area (Å²) in [6.07, 6.45) is 6.73. The molecule has 2 nitrogen and oxygen atoms in total. The second kappa shape index (κ2) is 4.65. The van der Waals surface area contributed by atoms with Crippen molar-refractivity contribution in [1.82, 2.24) is 0 Å². The van der Waals surface area contributed by atoms with Crippen molar-refractivity contribution < 1.29 is 9.53 Å². The Balaban J connectivity index is 1.62. The molecule has 6 atom stereocenters. The number of hydrogen-bond donors (Lipinski definition) is 0. The van der Waals surface area contributed by atoms with E-state index >= 15 is 0 Å². The second-order valence-electron chi connectivity index (χ2n) is 8.92. The molecule has 0 radical (unpaired) electrons. The lowest BCUT2D eigenvalue weighted by Gasteiger charge is -2.54. The second-order valence-corrected chi connectivity index (χ2v) is 8.92. The molecular formula is C22H28O2. The normalized spacial score (nSPS) is 45.0. The first-order chi connectivity index (χ1) is 11.6. The third kappa shape index (κ3) is 1.52. The minimum absolute atomic E-state index is 0.0249. The Kier molecular flexibility index (Phi) is 2.90. The smallest absolute Gasteiger partial charge is 0.139 e. The quantitative estimate of drug-likeness (QED) is 0.784. The molecule has 0 aliphatic heterocycles. The maximum Gasteiger partial charge on any atom is 0.139 e. The van der Waals surface area contributed by atoms with Crippen molar-refractivity contribution in [2.75, 3.05) is 7.11 Å². The number of carbonyl (C=O) groups is 1. The first-order valence-corrected chi connectivity index (χ1v) is 9.77. The van der Waals surface area contributed by atoms with E-state index in [-0.39, 0.29) is 5.41 Å². The van der Waals surface area contributed by atoms with Gasteiger partial charge in [0.2, 0.25) is 0 Å². The highest BCUT2D eigenvalue weighted by atomic mass is 16.5. The molecule has 0 N–H and O–H groups in total. The Bertz CT molecular complexity index is 723. The van der Waals surface area contributed by atoms with Gasteiger partial charge in [-0.3, -0.25) is 4.79 Å². The SMILES string of the molecule is CCC12CC[C@@H]3c4ccc(OC)cc4C[C@@H](C)[C@H]3[C@]13C[C@H]3CC2=O. The van der Waals surface area contributed by atoms with Crippen molar-refractivity contribution in [3.63, 3.8) is 0 Å². The van der Waals surface area contributed by atoms with Crippen molar-refractivity contribution in [2.45, 2.75) is 58.3 Å². The number of fused-ring (bicyclic) bond motifs is 3. The number of rotatable bonds is 2. The molecule has 2 heteroatoms. The van der Waals surface area contributed by atoms with Crippen molar-refractivity contribution in [2.24, 2.45) is 28.6 Å². The summed E-state index contributed by atoms with van der Waals surface area (Å²) in [4.78, 5) is 12.9. The lowest BCUT2D eigenvalue weighted by molar-refractivity contribution is -0.136. The van der Waals surface area contributed by atoms with Crippen LogP contribution in [0.3, 0.4) is 0 Å². The summed E-state index contributed by atoms with van der Waals surface area (Å²) in [6.45, 7) is 4.71. The molecular weight excluding hydrogens is 296 g/mol. The maximum atomic E-state index is 12.9. The number of hydrogen-bond acceptors (Lipinski definition) is 2. The van der Waals surface area contributed by atoms with Gasteiger partial charge in [0.25, 0.3) is 0 Å². The molecule has 1 aromatic carbocycles. The van der Waals surface area contributed by atoms with Crippen molar-refractivity contribution >= 4 is 5.78 Å². The summed E-state index contributed by atoms with van der Waals surface area (Å²) in [5.41, 5.74) is 3.42. The standard InChI is InChI=1S/C22H28O2/c1-4-21-8-7-18-17-6-5-16(24-3)10-14(17)9-13(2)20(18)22(21)12-15(22)11-19(21)23/h5-6,10,13,15,18,20H,4,7-9,11-12H2,1-3H3/t13-,15-,18-,20-,21?,22-/m1/s1. The van der Waals surface area contributed by atoms with Crippen LogP contribution in [-0.2, 0) is 11.2 Å². The van der Waals surface area contributed by atoms with Gasteiger partial charge in [-0.05, 0) is 84.5 Å². The van der Waals surface area contributed by atoms with Gasteiger partial charge in [-0.15, -0.1) is 0 Å². The first kappa shape index (κ1) is 15.0. The molecule has 24 heavy (non-hydrogen) atoms. The van der Waals surface area contributed by atoms with Crippen LogP contribution in [0.2, 0.25) is 0 Å². The zero-order valence-electron chi connectivity index (χ0n) is 15.1. The minimum atomic E-state index is 0.0249. The van der Waals surface area contributed by atoms with E-state index < -0.39 is 0 Å². The summed E-state index contributed by atoms with van der Waals surface area (Å²) in [5.74, 6) is 4.33. The molecule has 3 fully saturated rings. The van der Waals surface area contributed by atoms with E-state index in [1.165, 1.54) is 18.4 Å². The molecule has 4 aliphatic carbocycles. The van der Waals surface area contributed by atoms with Crippen LogP contribution in [0.1, 0.15) is 63.0 Å². The van der Waals surface area contributed by atoms with E-state index in [0.29, 0.717) is 34.9 Å². The molecule has 4 aliphatic rings. The zero-order chi connectivity index (χ0) is 16.7. The van der Waals surface area contributed by atoms with Crippen LogP contribution >= 0.6 is 0 Å². The third-order valence-corrected chi connectivity index (χ3v) is 8.43. The van der Waals surface area contributed by atoms with E-state index in [0.717, 1.165) is 31.4 Å². The Morgan fingerprint density at radius 3 is 2.88 bits per heavy atom. The monoisotopic (exact) mass is 324 g/mol. The Labute approximate surface area is 145 Å². The summed E-state index contributed by atoms with van der Waals surface area (Å²) in [7, 11) is 1.75. The highest BCUT2D eigenvalue weighted by Crippen LogP contribution is 2.82. The number of Topliss-reactive ketones (excluding diaryl/α,β-unsaturated/α-hetero) is 1. The maximum absolute atomic E-state index is 12.9. The molecule has 0 heterocycles. The van der Waals surface area contributed by atoms with Crippen molar-refractivity contribution in [3.8, 4) is 5.75 Å². The van der Waals surface area contributed by atoms with Crippen LogP contribution in [0.5, 0.6) is 5.75 Å². The molecule has 128 valence electrons. The van der Waals surface area contributed by atoms with Crippen LogP contribution in [0.4, 0.5) is 0 Å². The van der Waals surface area contributed by atoms with Crippen molar-refractivity contribution in [1.29, 1.82) is 0 Å². The van der Waals surface area contributed by atoms with Gasteiger partial charge >= 0.3 is 0 Å². The van der Waals surface area contributed by atoms with Gasteiger partial charge in [0.05, 0.1) is 7.11 Å². The molecule has 1 unspecified atom stereocenters. The molecule has 0 aromatic heterocycles. The van der Waals surface area contributed by atoms with Gasteiger partial charge in [-0.1, -0.05) is 19.9 Å². The fourth-order valence-corrected chi connectivity index (χ4v) is 7.59. The first-order valence-electron chi connectivity index (χ1n) is 9.77. The predicted molar refractivity (Wildman–Crippen MR) is 94.2 cm³/mol. The number of carbonyl (C=O) groups excluding carboxylic acids is 1. The van der Waals surface area contributed by atoms with Crippen LogP contribution < -0.4 is 4.74 Å². The molecule has 1 aromatic rings. The van der Waals surface area contributed by atoms with Crippen LogP contribution in [-0.4, -0.2) is 12.9 Å². The molecule has 1 spiro atoms. The third-order valence-electron chi connectivity index (χ3n) is 8.43. The summed E-state index contributed by atoms with van der Waals surface area (Å²) >= 11 is 0. The molecule has 5 rings (SSSR count). The number of ketones is 1. The average molecular weight is 324 g/mol.